The van der Waals surface area contributed by atoms with Crippen LogP contribution in [0, 0.1) is 0 Å². The summed E-state index contributed by atoms with van der Waals surface area (Å²) >= 11 is 0. The van der Waals surface area contributed by atoms with Gasteiger partial charge in [-0.25, -0.2) is 0 Å². The average Bonchev–Trinajstić information content (AvgIpc) is 1.88. The van der Waals surface area contributed by atoms with Gasteiger partial charge in [0.1, 0.15) is 0 Å². The summed E-state index contributed by atoms with van der Waals surface area (Å²) in [6, 6.07) is 0. The quantitative estimate of drug-likeness (QED) is 0.691. The van der Waals surface area contributed by atoms with Crippen molar-refractivity contribution in [1.29, 1.82) is 0 Å². The molecule has 3 N–H and O–H groups in total. The summed E-state index contributed by atoms with van der Waals surface area (Å²) in [5.41, 5.74) is 6.10. The number of hydrogen-bond acceptors (Lipinski definition) is 2. The van der Waals surface area contributed by atoms with E-state index in [0.717, 1.165) is 12.2 Å². The van der Waals surface area contributed by atoms with Crippen LogP contribution < -0.4 is 11.1 Å². The molecule has 1 aliphatic heterocycles. The molecule has 0 aliphatic carbocycles. The van der Waals surface area contributed by atoms with Gasteiger partial charge in [0.25, 0.3) is 0 Å². The first-order chi connectivity index (χ1) is 5.20. The number of carbonyl (C=O) groups is 1. The van der Waals surface area contributed by atoms with Gasteiger partial charge in [-0.3, -0.25) is 4.79 Å². The lowest BCUT2D eigenvalue weighted by Gasteiger charge is -2.08. The van der Waals surface area contributed by atoms with Crippen molar-refractivity contribution in [2.75, 3.05) is 6.54 Å². The fraction of sp³-hybridized carbons (Fsp3) is 0.625. The number of nitrogens with one attached hydrogen (secondary N) is 1. The number of unbranched alkanes of at least 4 members (excludes halogenated alkanes) is 1. The van der Waals surface area contributed by atoms with Crippen molar-refractivity contribution in [1.82, 2.24) is 5.32 Å². The molecule has 0 saturated carbocycles. The zero-order valence-corrected chi connectivity index (χ0v) is 8.41. The van der Waals surface area contributed by atoms with Gasteiger partial charge in [-0.2, -0.15) is 0 Å². The van der Waals surface area contributed by atoms with Crippen molar-refractivity contribution < 1.29 is 4.79 Å². The van der Waals surface area contributed by atoms with E-state index in [9.17, 15) is 4.79 Å². The van der Waals surface area contributed by atoms with Crippen LogP contribution in [0.3, 0.4) is 0 Å². The number of amides is 1. The Morgan fingerprint density at radius 2 is 2.08 bits per heavy atom. The Bertz CT molecular complexity index is 155. The molecule has 1 rings (SSSR count). The first kappa shape index (κ1) is 14.0. The van der Waals surface area contributed by atoms with E-state index in [4.69, 9.17) is 5.73 Å². The highest BCUT2D eigenvalue weighted by molar-refractivity contribution is 5.95. The molecule has 0 fully saturated rings. The second-order valence-corrected chi connectivity index (χ2v) is 2.46. The third kappa shape index (κ3) is 7.57. The first-order valence-electron chi connectivity index (χ1n) is 3.90. The SMILES string of the molecule is CC1=CC(=O)N1.CCCCN.Cl. The minimum atomic E-state index is 0. The Morgan fingerprint density at radius 3 is 2.08 bits per heavy atom. The summed E-state index contributed by atoms with van der Waals surface area (Å²) < 4.78 is 0. The summed E-state index contributed by atoms with van der Waals surface area (Å²) in [6.07, 6.45) is 3.94. The molecule has 1 heterocycles. The van der Waals surface area contributed by atoms with Crippen molar-refractivity contribution in [3.63, 3.8) is 0 Å². The molecule has 0 saturated heterocycles. The number of nitrogens with two attached hydrogens (primary N) is 1. The van der Waals surface area contributed by atoms with Gasteiger partial charge in [0, 0.05) is 11.8 Å². The van der Waals surface area contributed by atoms with Crippen LogP contribution in [-0.2, 0) is 4.79 Å². The van der Waals surface area contributed by atoms with E-state index in [1.54, 1.807) is 6.08 Å². The largest absolute Gasteiger partial charge is 0.330 e. The van der Waals surface area contributed by atoms with Crippen molar-refractivity contribution >= 4 is 18.3 Å². The Hall–Kier alpha value is -0.540. The summed E-state index contributed by atoms with van der Waals surface area (Å²) in [5.74, 6) is 0.0208. The Labute approximate surface area is 79.8 Å². The van der Waals surface area contributed by atoms with E-state index in [1.807, 2.05) is 6.92 Å². The molecule has 1 amide bonds. The van der Waals surface area contributed by atoms with Crippen molar-refractivity contribution in [2.24, 2.45) is 5.73 Å². The molecule has 0 aromatic heterocycles. The second-order valence-electron chi connectivity index (χ2n) is 2.46. The molecule has 12 heavy (non-hydrogen) atoms. The molecule has 0 unspecified atom stereocenters. The van der Waals surface area contributed by atoms with Crippen molar-refractivity contribution in [3.05, 3.63) is 11.8 Å². The van der Waals surface area contributed by atoms with Crippen LogP contribution in [0.4, 0.5) is 0 Å². The van der Waals surface area contributed by atoms with Gasteiger partial charge in [-0.15, -0.1) is 12.4 Å². The Balaban J connectivity index is 0. The van der Waals surface area contributed by atoms with Crippen LogP contribution in [0.15, 0.2) is 11.8 Å². The number of carbonyl (C=O) groups excluding carboxylic acids is 1. The topological polar surface area (TPSA) is 55.1 Å². The van der Waals surface area contributed by atoms with Gasteiger partial charge < -0.3 is 11.1 Å². The van der Waals surface area contributed by atoms with Crippen LogP contribution in [0.25, 0.3) is 0 Å². The molecule has 4 heteroatoms. The number of allylic oxidation sites excluding steroid dienone is 1. The lowest BCUT2D eigenvalue weighted by molar-refractivity contribution is -0.117. The minimum absolute atomic E-state index is 0. The van der Waals surface area contributed by atoms with Crippen molar-refractivity contribution in [2.45, 2.75) is 26.7 Å². The monoisotopic (exact) mass is 192 g/mol. The molecule has 0 aromatic rings. The van der Waals surface area contributed by atoms with Crippen LogP contribution in [0.1, 0.15) is 26.7 Å². The van der Waals surface area contributed by atoms with Gasteiger partial charge in [-0.1, -0.05) is 13.3 Å². The standard InChI is InChI=1S/C4H5NO.C4H11N.ClH/c1-3-2-4(6)5-3;1-2-3-4-5;/h2H,1H3,(H,5,6);2-5H2,1H3;1H. The molecule has 0 atom stereocenters. The fourth-order valence-electron chi connectivity index (χ4n) is 0.590. The van der Waals surface area contributed by atoms with Gasteiger partial charge in [0.15, 0.2) is 0 Å². The molecule has 0 aromatic carbocycles. The number of hydrogen-bond donors (Lipinski definition) is 2. The third-order valence-electron chi connectivity index (χ3n) is 1.23. The normalized spacial score (nSPS) is 12.6. The Kier molecular flexibility index (Phi) is 9.99. The smallest absolute Gasteiger partial charge is 0.249 e. The molecule has 1 aliphatic rings. The third-order valence-corrected chi connectivity index (χ3v) is 1.23. The van der Waals surface area contributed by atoms with Gasteiger partial charge in [0.2, 0.25) is 5.91 Å². The minimum Gasteiger partial charge on any atom is -0.330 e. The van der Waals surface area contributed by atoms with Crippen LogP contribution >= 0.6 is 12.4 Å². The average molecular weight is 193 g/mol. The van der Waals surface area contributed by atoms with Gasteiger partial charge in [-0.05, 0) is 19.9 Å². The molecule has 3 nitrogen and oxygen atoms in total. The Morgan fingerprint density at radius 1 is 1.58 bits per heavy atom. The second kappa shape index (κ2) is 8.56. The fourth-order valence-corrected chi connectivity index (χ4v) is 0.590. The highest BCUT2D eigenvalue weighted by Crippen LogP contribution is 1.94. The first-order valence-corrected chi connectivity index (χ1v) is 3.90. The highest BCUT2D eigenvalue weighted by Gasteiger charge is 2.05. The van der Waals surface area contributed by atoms with E-state index < -0.39 is 0 Å². The zero-order chi connectivity index (χ0) is 8.69. The highest BCUT2D eigenvalue weighted by atomic mass is 35.5. The van der Waals surface area contributed by atoms with E-state index in [2.05, 4.69) is 12.2 Å². The predicted molar refractivity (Wildman–Crippen MR) is 53.1 cm³/mol. The van der Waals surface area contributed by atoms with Crippen molar-refractivity contribution in [3.8, 4) is 0 Å². The van der Waals surface area contributed by atoms with Crippen LogP contribution in [0.5, 0.6) is 0 Å². The van der Waals surface area contributed by atoms with Gasteiger partial charge >= 0.3 is 0 Å². The number of halogens is 1. The summed E-state index contributed by atoms with van der Waals surface area (Å²) in [5, 5.41) is 2.53. The summed E-state index contributed by atoms with van der Waals surface area (Å²) in [4.78, 5) is 9.92. The molecule has 72 valence electrons. The summed E-state index contributed by atoms with van der Waals surface area (Å²) in [7, 11) is 0. The number of rotatable bonds is 2. The lowest BCUT2D eigenvalue weighted by Crippen LogP contribution is -2.28. The van der Waals surface area contributed by atoms with Crippen LogP contribution in [0.2, 0.25) is 0 Å². The lowest BCUT2D eigenvalue weighted by atomic mass is 10.3. The maximum atomic E-state index is 9.92. The van der Waals surface area contributed by atoms with E-state index in [-0.39, 0.29) is 18.3 Å². The van der Waals surface area contributed by atoms with E-state index in [0.29, 0.717) is 0 Å². The van der Waals surface area contributed by atoms with E-state index >= 15 is 0 Å². The maximum absolute atomic E-state index is 9.92. The molecule has 0 bridgehead atoms. The molecular formula is C8H17ClN2O. The molecule has 0 spiro atoms. The van der Waals surface area contributed by atoms with Gasteiger partial charge in [0.05, 0.1) is 0 Å². The van der Waals surface area contributed by atoms with E-state index in [1.165, 1.54) is 12.8 Å². The van der Waals surface area contributed by atoms with Crippen LogP contribution in [-0.4, -0.2) is 12.5 Å². The molecule has 0 radical (unpaired) electrons. The predicted octanol–water partition coefficient (Wildman–Crippen LogP) is 1.19. The zero-order valence-electron chi connectivity index (χ0n) is 7.59. The molecular weight excluding hydrogens is 176 g/mol. The summed E-state index contributed by atoms with van der Waals surface area (Å²) in [6.45, 7) is 4.82. The maximum Gasteiger partial charge on any atom is 0.249 e.